The van der Waals surface area contributed by atoms with Gasteiger partial charge >= 0.3 is 12.1 Å². The predicted molar refractivity (Wildman–Crippen MR) is 127 cm³/mol. The summed E-state index contributed by atoms with van der Waals surface area (Å²) in [6, 6.07) is 15.7. The van der Waals surface area contributed by atoms with Crippen LogP contribution in [0, 0.1) is 5.41 Å². The van der Waals surface area contributed by atoms with Crippen LogP contribution in [0.1, 0.15) is 30.4 Å². The number of carboxylic acids is 1. The lowest BCUT2D eigenvalue weighted by molar-refractivity contribution is -0.149. The second-order valence-electron chi connectivity index (χ2n) is 8.97. The van der Waals surface area contributed by atoms with E-state index in [1.54, 1.807) is 6.92 Å². The zero-order chi connectivity index (χ0) is 24.8. The number of amides is 2. The molecule has 2 aromatic carbocycles. The Bertz CT molecular complexity index is 1040. The Balaban J connectivity index is 1.13. The summed E-state index contributed by atoms with van der Waals surface area (Å²) in [6.07, 6.45) is -0.445. The number of carbonyl (C=O) groups is 3. The van der Waals surface area contributed by atoms with Crippen molar-refractivity contribution in [3.63, 3.8) is 0 Å². The first-order chi connectivity index (χ1) is 16.9. The number of nitrogens with one attached hydrogen (secondary N) is 2. The van der Waals surface area contributed by atoms with Gasteiger partial charge in [-0.15, -0.1) is 0 Å². The maximum Gasteiger partial charge on any atom is 0.407 e. The van der Waals surface area contributed by atoms with Crippen molar-refractivity contribution in [2.45, 2.75) is 25.3 Å². The first kappa shape index (κ1) is 24.7. The van der Waals surface area contributed by atoms with Gasteiger partial charge in [-0.2, -0.15) is 0 Å². The molecule has 1 saturated heterocycles. The summed E-state index contributed by atoms with van der Waals surface area (Å²) >= 11 is 0. The second-order valence-corrected chi connectivity index (χ2v) is 8.97. The van der Waals surface area contributed by atoms with Crippen LogP contribution in [0.3, 0.4) is 0 Å². The van der Waals surface area contributed by atoms with Crippen LogP contribution in [0.15, 0.2) is 48.5 Å². The number of aliphatic carboxylic acids is 1. The molecule has 4 rings (SSSR count). The van der Waals surface area contributed by atoms with Crippen molar-refractivity contribution < 1.29 is 33.7 Å². The molecule has 3 N–H and O–H groups in total. The summed E-state index contributed by atoms with van der Waals surface area (Å²) in [5, 5.41) is 14.7. The molecule has 2 atom stereocenters. The van der Waals surface area contributed by atoms with Crippen LogP contribution in [-0.4, -0.2) is 68.7 Å². The molecule has 1 heterocycles. The lowest BCUT2D eigenvalue weighted by Gasteiger charge is -2.25. The lowest BCUT2D eigenvalue weighted by atomic mass is 9.85. The maximum absolute atomic E-state index is 12.2. The van der Waals surface area contributed by atoms with Crippen molar-refractivity contribution in [1.29, 1.82) is 0 Å². The number of ether oxygens (including phenoxy) is 3. The van der Waals surface area contributed by atoms with Crippen molar-refractivity contribution in [2.24, 2.45) is 5.41 Å². The Labute approximate surface area is 203 Å². The largest absolute Gasteiger partial charge is 0.481 e. The highest BCUT2D eigenvalue weighted by Crippen LogP contribution is 2.44. The lowest BCUT2D eigenvalue weighted by Crippen LogP contribution is -2.49. The molecule has 9 heteroatoms. The van der Waals surface area contributed by atoms with Crippen LogP contribution in [0.2, 0.25) is 0 Å². The second kappa shape index (κ2) is 10.9. The van der Waals surface area contributed by atoms with Gasteiger partial charge in [0.1, 0.15) is 12.0 Å². The summed E-state index contributed by atoms with van der Waals surface area (Å²) in [5.41, 5.74) is 3.50. The van der Waals surface area contributed by atoms with Gasteiger partial charge in [0, 0.05) is 18.9 Å². The molecule has 1 aliphatic carbocycles. The summed E-state index contributed by atoms with van der Waals surface area (Å²) in [7, 11) is 0. The quantitative estimate of drug-likeness (QED) is 0.445. The molecular formula is C26H30N2O7. The van der Waals surface area contributed by atoms with Crippen LogP contribution in [0.5, 0.6) is 0 Å². The number of fused-ring (bicyclic) bond motifs is 3. The molecule has 0 bridgehead atoms. The van der Waals surface area contributed by atoms with Gasteiger partial charge in [0.25, 0.3) is 0 Å². The third-order valence-corrected chi connectivity index (χ3v) is 6.61. The van der Waals surface area contributed by atoms with Gasteiger partial charge in [-0.1, -0.05) is 48.5 Å². The van der Waals surface area contributed by atoms with Gasteiger partial charge in [-0.05, 0) is 29.2 Å². The van der Waals surface area contributed by atoms with Crippen molar-refractivity contribution in [2.75, 3.05) is 39.6 Å². The molecule has 1 aliphatic heterocycles. The van der Waals surface area contributed by atoms with Gasteiger partial charge in [-0.3, -0.25) is 9.59 Å². The topological polar surface area (TPSA) is 123 Å². The zero-order valence-electron chi connectivity index (χ0n) is 19.6. The SMILES string of the molecule is CC1(C(=O)O)COCC1NC(=O)CCOCCNC(=O)OCC1c2ccccc2-c2ccccc21. The minimum absolute atomic E-state index is 0.00355. The van der Waals surface area contributed by atoms with Crippen LogP contribution in [-0.2, 0) is 23.8 Å². The number of hydrogen-bond donors (Lipinski definition) is 3. The first-order valence-corrected chi connectivity index (χ1v) is 11.7. The van der Waals surface area contributed by atoms with Crippen LogP contribution >= 0.6 is 0 Å². The number of carbonyl (C=O) groups excluding carboxylic acids is 2. The Hall–Kier alpha value is -3.43. The predicted octanol–water partition coefficient (Wildman–Crippen LogP) is 2.54. The van der Waals surface area contributed by atoms with Gasteiger partial charge < -0.3 is 30.0 Å². The highest BCUT2D eigenvalue weighted by atomic mass is 16.5. The van der Waals surface area contributed by atoms with Crippen molar-refractivity contribution in [3.8, 4) is 11.1 Å². The van der Waals surface area contributed by atoms with Gasteiger partial charge in [0.05, 0.1) is 32.5 Å². The molecule has 0 spiro atoms. The summed E-state index contributed by atoms with van der Waals surface area (Å²) < 4.78 is 16.1. The van der Waals surface area contributed by atoms with E-state index in [1.165, 1.54) is 11.1 Å². The molecule has 35 heavy (non-hydrogen) atoms. The highest BCUT2D eigenvalue weighted by molar-refractivity contribution is 5.80. The average molecular weight is 483 g/mol. The standard InChI is InChI=1S/C26H30N2O7/c1-26(24(30)31)16-34-15-22(26)28-23(29)10-12-33-13-11-27-25(32)35-14-21-19-8-4-2-6-17(19)18-7-3-5-9-20(18)21/h2-9,21-22H,10-16H2,1H3,(H,27,32)(H,28,29)(H,30,31). The van der Waals surface area contributed by atoms with Crippen molar-refractivity contribution in [1.82, 2.24) is 10.6 Å². The molecule has 0 aromatic heterocycles. The minimum atomic E-state index is -1.14. The van der Waals surface area contributed by atoms with E-state index < -0.39 is 23.5 Å². The molecule has 1 fully saturated rings. The Morgan fingerprint density at radius 1 is 1.06 bits per heavy atom. The summed E-state index contributed by atoms with van der Waals surface area (Å²) in [4.78, 5) is 35.7. The molecule has 9 nitrogen and oxygen atoms in total. The normalized spacial score (nSPS) is 20.7. The smallest absolute Gasteiger partial charge is 0.407 e. The Morgan fingerprint density at radius 2 is 1.71 bits per heavy atom. The van der Waals surface area contributed by atoms with Crippen LogP contribution < -0.4 is 10.6 Å². The van der Waals surface area contributed by atoms with E-state index in [0.717, 1.165) is 11.1 Å². The fourth-order valence-electron chi connectivity index (χ4n) is 4.49. The Kier molecular flexibility index (Phi) is 7.67. The molecule has 0 radical (unpaired) electrons. The number of rotatable bonds is 10. The molecular weight excluding hydrogens is 452 g/mol. The third-order valence-electron chi connectivity index (χ3n) is 6.61. The Morgan fingerprint density at radius 3 is 2.37 bits per heavy atom. The monoisotopic (exact) mass is 482 g/mol. The zero-order valence-corrected chi connectivity index (χ0v) is 19.6. The van der Waals surface area contributed by atoms with Crippen molar-refractivity contribution >= 4 is 18.0 Å². The highest BCUT2D eigenvalue weighted by Gasteiger charge is 2.47. The van der Waals surface area contributed by atoms with Crippen LogP contribution in [0.4, 0.5) is 4.79 Å². The van der Waals surface area contributed by atoms with Gasteiger partial charge in [-0.25, -0.2) is 4.79 Å². The number of carboxylic acid groups (broad SMARTS) is 1. The van der Waals surface area contributed by atoms with Crippen molar-refractivity contribution in [3.05, 3.63) is 59.7 Å². The molecule has 0 saturated carbocycles. The summed E-state index contributed by atoms with van der Waals surface area (Å²) in [5.74, 6) is -1.32. The molecule has 2 unspecified atom stereocenters. The van der Waals surface area contributed by atoms with E-state index in [-0.39, 0.29) is 57.8 Å². The van der Waals surface area contributed by atoms with E-state index >= 15 is 0 Å². The molecule has 2 aromatic rings. The molecule has 2 aliphatic rings. The van der Waals surface area contributed by atoms with Crippen LogP contribution in [0.25, 0.3) is 11.1 Å². The third kappa shape index (κ3) is 5.47. The number of hydrogen-bond acceptors (Lipinski definition) is 6. The number of benzene rings is 2. The molecule has 186 valence electrons. The maximum atomic E-state index is 12.2. The first-order valence-electron chi connectivity index (χ1n) is 11.7. The van der Waals surface area contributed by atoms with E-state index in [0.29, 0.717) is 0 Å². The van der Waals surface area contributed by atoms with Gasteiger partial charge in [0.15, 0.2) is 0 Å². The van der Waals surface area contributed by atoms with Gasteiger partial charge in [0.2, 0.25) is 5.91 Å². The van der Waals surface area contributed by atoms with E-state index in [9.17, 15) is 19.5 Å². The summed E-state index contributed by atoms with van der Waals surface area (Å²) in [6.45, 7) is 2.63. The average Bonchev–Trinajstić information content (AvgIpc) is 3.38. The number of alkyl carbamates (subject to hydrolysis) is 1. The fourth-order valence-corrected chi connectivity index (χ4v) is 4.49. The molecule has 2 amide bonds. The van der Waals surface area contributed by atoms with E-state index in [2.05, 4.69) is 34.9 Å². The van der Waals surface area contributed by atoms with E-state index in [1.807, 2.05) is 24.3 Å². The fraction of sp³-hybridized carbons (Fsp3) is 0.423. The minimum Gasteiger partial charge on any atom is -0.481 e. The van der Waals surface area contributed by atoms with E-state index in [4.69, 9.17) is 14.2 Å².